The lowest BCUT2D eigenvalue weighted by molar-refractivity contribution is -0.139. The third-order valence-corrected chi connectivity index (χ3v) is 4.46. The molecule has 2 rings (SSSR count). The molecule has 0 aliphatic carbocycles. The number of nitrogens with zero attached hydrogens (tertiary/aromatic N) is 1. The Morgan fingerprint density at radius 2 is 1.86 bits per heavy atom. The van der Waals surface area contributed by atoms with E-state index < -0.39 is 5.54 Å². The summed E-state index contributed by atoms with van der Waals surface area (Å²) in [6.45, 7) is 8.31. The number of Topliss-reactive ketones (excluding diaryl/α,β-unsaturated/α-hetero) is 1. The molecule has 3 heteroatoms. The fraction of sp³-hybridized carbons (Fsp3) is 0.474. The SMILES string of the molecule is CCCCC(=O)C(C)(C)N1CC(C)=C(c2ccccc2)C1=O. The Morgan fingerprint density at radius 1 is 1.23 bits per heavy atom. The highest BCUT2D eigenvalue weighted by molar-refractivity contribution is 6.23. The van der Waals surface area contributed by atoms with Crippen LogP contribution in [0.4, 0.5) is 0 Å². The van der Waals surface area contributed by atoms with Crippen LogP contribution in [0.1, 0.15) is 52.5 Å². The number of amides is 1. The molecule has 1 heterocycles. The minimum atomic E-state index is -0.746. The van der Waals surface area contributed by atoms with E-state index >= 15 is 0 Å². The number of carbonyl (C=O) groups excluding carboxylic acids is 2. The first-order valence-electron chi connectivity index (χ1n) is 8.00. The summed E-state index contributed by atoms with van der Waals surface area (Å²) in [4.78, 5) is 27.1. The predicted octanol–water partition coefficient (Wildman–Crippen LogP) is 3.84. The van der Waals surface area contributed by atoms with Crippen LogP contribution in [0, 0.1) is 0 Å². The summed E-state index contributed by atoms with van der Waals surface area (Å²) in [6, 6.07) is 9.71. The maximum Gasteiger partial charge on any atom is 0.255 e. The highest BCUT2D eigenvalue weighted by atomic mass is 16.2. The van der Waals surface area contributed by atoms with Crippen molar-refractivity contribution >= 4 is 17.3 Å². The largest absolute Gasteiger partial charge is 0.322 e. The maximum absolute atomic E-state index is 12.9. The van der Waals surface area contributed by atoms with Gasteiger partial charge in [-0.2, -0.15) is 0 Å². The van der Waals surface area contributed by atoms with Gasteiger partial charge in [0.15, 0.2) is 5.78 Å². The summed E-state index contributed by atoms with van der Waals surface area (Å²) in [5.74, 6) is 0.114. The normalized spacial score (nSPS) is 15.6. The van der Waals surface area contributed by atoms with Crippen molar-refractivity contribution in [2.45, 2.75) is 52.5 Å². The van der Waals surface area contributed by atoms with Crippen molar-refractivity contribution in [1.29, 1.82) is 0 Å². The fourth-order valence-corrected chi connectivity index (χ4v) is 2.93. The van der Waals surface area contributed by atoms with Gasteiger partial charge in [0, 0.05) is 18.5 Å². The van der Waals surface area contributed by atoms with Crippen LogP contribution < -0.4 is 0 Å². The number of hydrogen-bond donors (Lipinski definition) is 0. The van der Waals surface area contributed by atoms with Gasteiger partial charge in [0.1, 0.15) is 0 Å². The molecule has 0 fully saturated rings. The van der Waals surface area contributed by atoms with Gasteiger partial charge in [-0.3, -0.25) is 9.59 Å². The van der Waals surface area contributed by atoms with E-state index in [4.69, 9.17) is 0 Å². The Morgan fingerprint density at radius 3 is 2.45 bits per heavy atom. The first-order valence-corrected chi connectivity index (χ1v) is 8.00. The van der Waals surface area contributed by atoms with E-state index in [0.717, 1.165) is 29.6 Å². The van der Waals surface area contributed by atoms with Crippen LogP contribution >= 0.6 is 0 Å². The van der Waals surface area contributed by atoms with Crippen LogP contribution in [-0.2, 0) is 9.59 Å². The van der Waals surface area contributed by atoms with E-state index in [1.807, 2.05) is 51.1 Å². The van der Waals surface area contributed by atoms with Crippen LogP contribution in [-0.4, -0.2) is 28.7 Å². The highest BCUT2D eigenvalue weighted by Gasteiger charge is 2.42. The van der Waals surface area contributed by atoms with Gasteiger partial charge in [-0.05, 0) is 38.3 Å². The summed E-state index contributed by atoms with van der Waals surface area (Å²) in [6.07, 6.45) is 2.40. The molecule has 118 valence electrons. The topological polar surface area (TPSA) is 37.4 Å². The van der Waals surface area contributed by atoms with Crippen LogP contribution in [0.3, 0.4) is 0 Å². The van der Waals surface area contributed by atoms with Crippen molar-refractivity contribution in [2.24, 2.45) is 0 Å². The van der Waals surface area contributed by atoms with Gasteiger partial charge in [0.25, 0.3) is 5.91 Å². The minimum Gasteiger partial charge on any atom is -0.322 e. The smallest absolute Gasteiger partial charge is 0.255 e. The Hall–Kier alpha value is -1.90. The molecular weight excluding hydrogens is 274 g/mol. The molecule has 22 heavy (non-hydrogen) atoms. The maximum atomic E-state index is 12.9. The minimum absolute atomic E-state index is 0.0291. The molecule has 3 nitrogen and oxygen atoms in total. The molecule has 1 amide bonds. The average molecular weight is 299 g/mol. The Labute approximate surface area is 133 Å². The molecule has 0 N–H and O–H groups in total. The lowest BCUT2D eigenvalue weighted by Crippen LogP contribution is -2.51. The van der Waals surface area contributed by atoms with Crippen LogP contribution in [0.2, 0.25) is 0 Å². The van der Waals surface area contributed by atoms with Crippen molar-refractivity contribution in [3.05, 3.63) is 41.5 Å². The summed E-state index contributed by atoms with van der Waals surface area (Å²) in [7, 11) is 0. The molecule has 0 radical (unpaired) electrons. The van der Waals surface area contributed by atoms with Gasteiger partial charge in [-0.15, -0.1) is 0 Å². The summed E-state index contributed by atoms with van der Waals surface area (Å²) in [5.41, 5.74) is 1.97. The number of benzene rings is 1. The molecule has 0 atom stereocenters. The number of unbranched alkanes of at least 4 members (excludes halogenated alkanes) is 1. The van der Waals surface area contributed by atoms with Gasteiger partial charge in [-0.25, -0.2) is 0 Å². The van der Waals surface area contributed by atoms with Crippen LogP contribution in [0.15, 0.2) is 35.9 Å². The van der Waals surface area contributed by atoms with Gasteiger partial charge in [0.05, 0.1) is 5.54 Å². The fourth-order valence-electron chi connectivity index (χ4n) is 2.93. The van der Waals surface area contributed by atoms with E-state index in [1.165, 1.54) is 0 Å². The molecule has 0 aromatic heterocycles. The zero-order chi connectivity index (χ0) is 16.3. The van der Waals surface area contributed by atoms with E-state index in [9.17, 15) is 9.59 Å². The summed E-state index contributed by atoms with van der Waals surface area (Å²) < 4.78 is 0. The predicted molar refractivity (Wildman–Crippen MR) is 89.4 cm³/mol. The number of carbonyl (C=O) groups is 2. The molecular formula is C19H25NO2. The Balaban J connectivity index is 2.24. The zero-order valence-electron chi connectivity index (χ0n) is 14.0. The Kier molecular flexibility index (Phi) is 4.84. The molecule has 0 bridgehead atoms. The number of rotatable bonds is 6. The second-order valence-electron chi connectivity index (χ2n) is 6.50. The number of hydrogen-bond acceptors (Lipinski definition) is 2. The van der Waals surface area contributed by atoms with Crippen LogP contribution in [0.25, 0.3) is 5.57 Å². The van der Waals surface area contributed by atoms with Crippen molar-refractivity contribution in [2.75, 3.05) is 6.54 Å². The highest BCUT2D eigenvalue weighted by Crippen LogP contribution is 2.33. The van der Waals surface area contributed by atoms with Gasteiger partial charge in [-0.1, -0.05) is 43.7 Å². The molecule has 1 aliphatic rings. The number of ketones is 1. The molecule has 0 spiro atoms. The molecule has 1 aliphatic heterocycles. The first kappa shape index (κ1) is 16.5. The summed E-state index contributed by atoms with van der Waals surface area (Å²) in [5, 5.41) is 0. The van der Waals surface area contributed by atoms with Crippen molar-refractivity contribution in [3.8, 4) is 0 Å². The molecule has 0 saturated carbocycles. The Bertz CT molecular complexity index is 599. The first-order chi connectivity index (χ1) is 10.4. The third kappa shape index (κ3) is 2.99. The molecule has 1 aromatic carbocycles. The average Bonchev–Trinajstić information content (AvgIpc) is 2.81. The molecule has 0 saturated heterocycles. The standard InChI is InChI=1S/C19H25NO2/c1-5-6-12-16(21)19(3,4)20-13-14(2)17(18(20)22)15-10-8-7-9-11-15/h7-11H,5-6,12-13H2,1-4H3. The van der Waals surface area contributed by atoms with E-state index in [0.29, 0.717) is 13.0 Å². The zero-order valence-corrected chi connectivity index (χ0v) is 14.0. The van der Waals surface area contributed by atoms with Crippen LogP contribution in [0.5, 0.6) is 0 Å². The van der Waals surface area contributed by atoms with E-state index in [2.05, 4.69) is 6.92 Å². The van der Waals surface area contributed by atoms with Gasteiger partial charge >= 0.3 is 0 Å². The second-order valence-corrected chi connectivity index (χ2v) is 6.50. The molecule has 1 aromatic rings. The lowest BCUT2D eigenvalue weighted by atomic mass is 9.92. The summed E-state index contributed by atoms with van der Waals surface area (Å²) >= 11 is 0. The van der Waals surface area contributed by atoms with Crippen molar-refractivity contribution < 1.29 is 9.59 Å². The van der Waals surface area contributed by atoms with Crippen molar-refractivity contribution in [3.63, 3.8) is 0 Å². The molecule has 0 unspecified atom stereocenters. The van der Waals surface area contributed by atoms with E-state index in [-0.39, 0.29) is 11.7 Å². The quantitative estimate of drug-likeness (QED) is 0.800. The van der Waals surface area contributed by atoms with E-state index in [1.54, 1.807) is 4.90 Å². The monoisotopic (exact) mass is 299 g/mol. The van der Waals surface area contributed by atoms with Crippen molar-refractivity contribution in [1.82, 2.24) is 4.90 Å². The van der Waals surface area contributed by atoms with Gasteiger partial charge < -0.3 is 4.90 Å². The second kappa shape index (κ2) is 6.47. The van der Waals surface area contributed by atoms with Gasteiger partial charge in [0.2, 0.25) is 0 Å². The third-order valence-electron chi connectivity index (χ3n) is 4.46. The lowest BCUT2D eigenvalue weighted by Gasteiger charge is -2.34.